The van der Waals surface area contributed by atoms with E-state index in [2.05, 4.69) is 0 Å². The summed E-state index contributed by atoms with van der Waals surface area (Å²) in [5, 5.41) is 9.12. The molecule has 5 nitrogen and oxygen atoms in total. The molecule has 1 saturated carbocycles. The number of rotatable bonds is 3. The van der Waals surface area contributed by atoms with Gasteiger partial charge in [0.2, 0.25) is 0 Å². The number of ether oxygens (including phenoxy) is 1. The highest BCUT2D eigenvalue weighted by Crippen LogP contribution is 2.27. The molecule has 0 aliphatic heterocycles. The van der Waals surface area contributed by atoms with Gasteiger partial charge in [0.1, 0.15) is 17.4 Å². The van der Waals surface area contributed by atoms with Gasteiger partial charge in [-0.15, -0.1) is 0 Å². The third-order valence-corrected chi connectivity index (χ3v) is 3.27. The SMILES string of the molecule is Nc1ccc(OC2CCCCC2N)c(C(=O)O)c1. The molecule has 0 radical (unpaired) electrons. The van der Waals surface area contributed by atoms with Crippen molar-refractivity contribution in [1.29, 1.82) is 0 Å². The van der Waals surface area contributed by atoms with Crippen LogP contribution in [-0.4, -0.2) is 23.2 Å². The van der Waals surface area contributed by atoms with Gasteiger partial charge in [-0.25, -0.2) is 4.79 Å². The number of anilines is 1. The summed E-state index contributed by atoms with van der Waals surface area (Å²) in [6.07, 6.45) is 3.84. The van der Waals surface area contributed by atoms with E-state index in [1.807, 2.05) is 0 Å². The first-order chi connectivity index (χ1) is 8.58. The van der Waals surface area contributed by atoms with Gasteiger partial charge in [-0.3, -0.25) is 0 Å². The number of carboxylic acid groups (broad SMARTS) is 1. The van der Waals surface area contributed by atoms with Crippen molar-refractivity contribution in [1.82, 2.24) is 0 Å². The Bertz CT molecular complexity index is 448. The highest BCUT2D eigenvalue weighted by Gasteiger charge is 2.25. The Morgan fingerprint density at radius 3 is 2.72 bits per heavy atom. The Morgan fingerprint density at radius 2 is 2.06 bits per heavy atom. The topological polar surface area (TPSA) is 98.6 Å². The second-order valence-corrected chi connectivity index (χ2v) is 4.67. The van der Waals surface area contributed by atoms with Crippen LogP contribution in [0.15, 0.2) is 18.2 Å². The average Bonchev–Trinajstić information content (AvgIpc) is 2.34. The van der Waals surface area contributed by atoms with E-state index in [-0.39, 0.29) is 17.7 Å². The number of nitrogens with two attached hydrogens (primary N) is 2. The molecule has 0 saturated heterocycles. The van der Waals surface area contributed by atoms with Gasteiger partial charge in [0.15, 0.2) is 0 Å². The van der Waals surface area contributed by atoms with Crippen molar-refractivity contribution in [3.63, 3.8) is 0 Å². The highest BCUT2D eigenvalue weighted by molar-refractivity contribution is 5.92. The van der Waals surface area contributed by atoms with Crippen LogP contribution in [0.4, 0.5) is 5.69 Å². The van der Waals surface area contributed by atoms with E-state index in [0.29, 0.717) is 11.4 Å². The van der Waals surface area contributed by atoms with Crippen LogP contribution >= 0.6 is 0 Å². The minimum Gasteiger partial charge on any atom is -0.488 e. The molecular weight excluding hydrogens is 232 g/mol. The first-order valence-electron chi connectivity index (χ1n) is 6.13. The lowest BCUT2D eigenvalue weighted by Crippen LogP contribution is -2.41. The summed E-state index contributed by atoms with van der Waals surface area (Å²) in [4.78, 5) is 11.1. The second kappa shape index (κ2) is 5.27. The van der Waals surface area contributed by atoms with Gasteiger partial charge in [-0.2, -0.15) is 0 Å². The zero-order valence-electron chi connectivity index (χ0n) is 10.1. The number of aromatic carboxylic acids is 1. The summed E-state index contributed by atoms with van der Waals surface area (Å²) in [5.74, 6) is -0.694. The van der Waals surface area contributed by atoms with Crippen LogP contribution < -0.4 is 16.2 Å². The molecule has 2 atom stereocenters. The minimum atomic E-state index is -1.04. The quantitative estimate of drug-likeness (QED) is 0.708. The van der Waals surface area contributed by atoms with Crippen molar-refractivity contribution in [2.24, 2.45) is 5.73 Å². The standard InChI is InChI=1S/C13H18N2O3/c14-8-5-6-11(9(7-8)13(16)17)18-12-4-2-1-3-10(12)15/h5-7,10,12H,1-4,14-15H2,(H,16,17). The molecule has 1 aromatic rings. The van der Waals surface area contributed by atoms with Gasteiger partial charge >= 0.3 is 5.97 Å². The molecule has 2 unspecified atom stereocenters. The number of hydrogen-bond donors (Lipinski definition) is 3. The Balaban J connectivity index is 2.20. The van der Waals surface area contributed by atoms with E-state index in [4.69, 9.17) is 21.3 Å². The van der Waals surface area contributed by atoms with Crippen molar-refractivity contribution in [3.05, 3.63) is 23.8 Å². The normalized spacial score (nSPS) is 23.6. The van der Waals surface area contributed by atoms with E-state index in [1.54, 1.807) is 12.1 Å². The maximum absolute atomic E-state index is 11.1. The van der Waals surface area contributed by atoms with E-state index in [1.165, 1.54) is 6.07 Å². The Labute approximate surface area is 106 Å². The van der Waals surface area contributed by atoms with Crippen LogP contribution in [0.2, 0.25) is 0 Å². The second-order valence-electron chi connectivity index (χ2n) is 4.67. The molecule has 1 aliphatic carbocycles. The predicted octanol–water partition coefficient (Wildman–Crippen LogP) is 1.62. The van der Waals surface area contributed by atoms with E-state index in [0.717, 1.165) is 25.7 Å². The number of nitrogen functional groups attached to an aromatic ring is 1. The largest absolute Gasteiger partial charge is 0.488 e. The fraction of sp³-hybridized carbons (Fsp3) is 0.462. The first kappa shape index (κ1) is 12.7. The highest BCUT2D eigenvalue weighted by atomic mass is 16.5. The van der Waals surface area contributed by atoms with Crippen molar-refractivity contribution in [2.45, 2.75) is 37.8 Å². The summed E-state index contributed by atoms with van der Waals surface area (Å²) in [6.45, 7) is 0. The van der Waals surface area contributed by atoms with Crippen molar-refractivity contribution in [2.75, 3.05) is 5.73 Å². The van der Waals surface area contributed by atoms with E-state index < -0.39 is 5.97 Å². The molecule has 5 heteroatoms. The maximum atomic E-state index is 11.1. The van der Waals surface area contributed by atoms with Crippen LogP contribution in [0.3, 0.4) is 0 Å². The molecular formula is C13H18N2O3. The van der Waals surface area contributed by atoms with E-state index in [9.17, 15) is 4.79 Å². The molecule has 5 N–H and O–H groups in total. The molecule has 0 heterocycles. The van der Waals surface area contributed by atoms with Gasteiger partial charge in [-0.1, -0.05) is 6.42 Å². The predicted molar refractivity (Wildman–Crippen MR) is 68.7 cm³/mol. The van der Waals surface area contributed by atoms with Crippen LogP contribution in [-0.2, 0) is 0 Å². The molecule has 2 rings (SSSR count). The first-order valence-corrected chi connectivity index (χ1v) is 6.13. The molecule has 18 heavy (non-hydrogen) atoms. The summed E-state index contributed by atoms with van der Waals surface area (Å²) in [6, 6.07) is 4.61. The van der Waals surface area contributed by atoms with Gasteiger partial charge in [-0.05, 0) is 37.5 Å². The van der Waals surface area contributed by atoms with Crippen molar-refractivity contribution in [3.8, 4) is 5.75 Å². The molecule has 0 amide bonds. The zero-order valence-corrected chi connectivity index (χ0v) is 10.1. The van der Waals surface area contributed by atoms with E-state index >= 15 is 0 Å². The molecule has 98 valence electrons. The number of benzene rings is 1. The van der Waals surface area contributed by atoms with Crippen LogP contribution in [0, 0.1) is 0 Å². The Morgan fingerprint density at radius 1 is 1.33 bits per heavy atom. The molecule has 0 aromatic heterocycles. The third-order valence-electron chi connectivity index (χ3n) is 3.27. The smallest absolute Gasteiger partial charge is 0.339 e. The van der Waals surface area contributed by atoms with Crippen LogP contribution in [0.25, 0.3) is 0 Å². The lowest BCUT2D eigenvalue weighted by Gasteiger charge is -2.29. The Hall–Kier alpha value is -1.75. The van der Waals surface area contributed by atoms with Crippen molar-refractivity contribution < 1.29 is 14.6 Å². The molecule has 0 spiro atoms. The summed E-state index contributed by atoms with van der Waals surface area (Å²) >= 11 is 0. The maximum Gasteiger partial charge on any atom is 0.339 e. The van der Waals surface area contributed by atoms with Crippen LogP contribution in [0.5, 0.6) is 5.75 Å². The lowest BCUT2D eigenvalue weighted by molar-refractivity contribution is 0.0683. The third kappa shape index (κ3) is 2.73. The number of carbonyl (C=O) groups is 1. The lowest BCUT2D eigenvalue weighted by atomic mass is 9.93. The fourth-order valence-electron chi connectivity index (χ4n) is 2.25. The molecule has 1 aliphatic rings. The van der Waals surface area contributed by atoms with Gasteiger partial charge in [0.05, 0.1) is 0 Å². The van der Waals surface area contributed by atoms with Crippen molar-refractivity contribution >= 4 is 11.7 Å². The summed E-state index contributed by atoms with van der Waals surface area (Å²) in [7, 11) is 0. The average molecular weight is 250 g/mol. The summed E-state index contributed by atoms with van der Waals surface area (Å²) < 4.78 is 5.75. The monoisotopic (exact) mass is 250 g/mol. The van der Waals surface area contributed by atoms with Crippen LogP contribution in [0.1, 0.15) is 36.0 Å². The fourth-order valence-corrected chi connectivity index (χ4v) is 2.25. The molecule has 0 bridgehead atoms. The summed E-state index contributed by atoms with van der Waals surface area (Å²) in [5.41, 5.74) is 12.1. The molecule has 1 aromatic carbocycles. The Kier molecular flexibility index (Phi) is 3.72. The van der Waals surface area contributed by atoms with Gasteiger partial charge < -0.3 is 21.3 Å². The number of carboxylic acids is 1. The zero-order chi connectivity index (χ0) is 13.1. The molecule has 1 fully saturated rings. The number of hydrogen-bond acceptors (Lipinski definition) is 4. The van der Waals surface area contributed by atoms with Gasteiger partial charge in [0.25, 0.3) is 0 Å². The minimum absolute atomic E-state index is 0.0297. The van der Waals surface area contributed by atoms with Gasteiger partial charge in [0, 0.05) is 11.7 Å².